The van der Waals surface area contributed by atoms with Crippen LogP contribution in [0.3, 0.4) is 0 Å². The van der Waals surface area contributed by atoms with Crippen LogP contribution in [0.15, 0.2) is 57.9 Å². The molecule has 29 heavy (non-hydrogen) atoms. The zero-order valence-electron chi connectivity index (χ0n) is 16.2. The lowest BCUT2D eigenvalue weighted by Crippen LogP contribution is -2.45. The van der Waals surface area contributed by atoms with E-state index in [9.17, 15) is 13.2 Å². The highest BCUT2D eigenvalue weighted by molar-refractivity contribution is 9.10. The van der Waals surface area contributed by atoms with Gasteiger partial charge in [0.2, 0.25) is 15.9 Å². The Kier molecular flexibility index (Phi) is 7.37. The molecule has 0 saturated carbocycles. The zero-order chi connectivity index (χ0) is 21.0. The van der Waals surface area contributed by atoms with E-state index in [2.05, 4.69) is 22.9 Å². The van der Waals surface area contributed by atoms with Crippen molar-refractivity contribution in [3.63, 3.8) is 0 Å². The summed E-state index contributed by atoms with van der Waals surface area (Å²) in [6.07, 6.45) is 1.88. The summed E-state index contributed by atoms with van der Waals surface area (Å²) < 4.78 is 28.7. The molecule has 1 aliphatic heterocycles. The van der Waals surface area contributed by atoms with Crippen molar-refractivity contribution in [1.29, 1.82) is 0 Å². The molecule has 1 heterocycles. The van der Waals surface area contributed by atoms with E-state index in [4.69, 9.17) is 11.6 Å². The molecule has 0 radical (unpaired) electrons. The maximum absolute atomic E-state index is 13.3. The van der Waals surface area contributed by atoms with Gasteiger partial charge >= 0.3 is 0 Å². The Morgan fingerprint density at radius 3 is 2.38 bits per heavy atom. The van der Waals surface area contributed by atoms with Gasteiger partial charge in [-0.3, -0.25) is 4.79 Å². The van der Waals surface area contributed by atoms with Gasteiger partial charge in [0.15, 0.2) is 0 Å². The molecule has 0 N–H and O–H groups in total. The van der Waals surface area contributed by atoms with Crippen LogP contribution in [-0.2, 0) is 21.4 Å². The van der Waals surface area contributed by atoms with Crippen molar-refractivity contribution < 1.29 is 13.2 Å². The number of amides is 1. The highest BCUT2D eigenvalue weighted by Crippen LogP contribution is 2.24. The summed E-state index contributed by atoms with van der Waals surface area (Å²) in [5, 5.41) is 0.475. The van der Waals surface area contributed by atoms with Crippen LogP contribution in [0.5, 0.6) is 0 Å². The van der Waals surface area contributed by atoms with Crippen molar-refractivity contribution >= 4 is 43.5 Å². The van der Waals surface area contributed by atoms with Gasteiger partial charge in [-0.25, -0.2) is 8.42 Å². The third-order valence-electron chi connectivity index (χ3n) is 5.20. The van der Waals surface area contributed by atoms with Gasteiger partial charge in [-0.1, -0.05) is 52.7 Å². The molecule has 2 aromatic rings. The van der Waals surface area contributed by atoms with Crippen LogP contribution in [0.25, 0.3) is 0 Å². The molecule has 5 nitrogen and oxygen atoms in total. The SMILES string of the molecule is CC1CCN(C(=O)CN(Cc2ccccc2Cl)S(=O)(=O)c2ccc(Br)cc2)CC1. The number of piperidine rings is 1. The number of hydrogen-bond acceptors (Lipinski definition) is 3. The second-order valence-electron chi connectivity index (χ2n) is 7.38. The van der Waals surface area contributed by atoms with Crippen molar-refractivity contribution in [2.75, 3.05) is 19.6 Å². The van der Waals surface area contributed by atoms with Gasteiger partial charge in [0.1, 0.15) is 0 Å². The van der Waals surface area contributed by atoms with Crippen LogP contribution < -0.4 is 0 Å². The second kappa shape index (κ2) is 9.60. The second-order valence-corrected chi connectivity index (χ2v) is 10.6. The third kappa shape index (κ3) is 5.60. The summed E-state index contributed by atoms with van der Waals surface area (Å²) >= 11 is 9.59. The Morgan fingerprint density at radius 2 is 1.76 bits per heavy atom. The van der Waals surface area contributed by atoms with E-state index in [1.165, 1.54) is 16.4 Å². The van der Waals surface area contributed by atoms with E-state index in [0.717, 1.165) is 17.3 Å². The van der Waals surface area contributed by atoms with Crippen molar-refractivity contribution in [2.45, 2.75) is 31.2 Å². The first-order valence-corrected chi connectivity index (χ1v) is 12.2. The average molecular weight is 500 g/mol. The molecule has 1 amide bonds. The number of carbonyl (C=O) groups is 1. The number of likely N-dealkylation sites (tertiary alicyclic amines) is 1. The van der Waals surface area contributed by atoms with Gasteiger partial charge in [-0.2, -0.15) is 4.31 Å². The fourth-order valence-electron chi connectivity index (χ4n) is 3.31. The molecule has 2 aromatic carbocycles. The van der Waals surface area contributed by atoms with E-state index < -0.39 is 10.0 Å². The Hall–Kier alpha value is -1.41. The highest BCUT2D eigenvalue weighted by atomic mass is 79.9. The Balaban J connectivity index is 1.88. The molecule has 1 aliphatic rings. The number of carbonyl (C=O) groups excluding carboxylic acids is 1. The Labute approximate surface area is 185 Å². The first kappa shape index (κ1) is 22.3. The standard InChI is InChI=1S/C21H24BrClN2O3S/c1-16-10-12-24(13-11-16)21(26)15-25(14-17-4-2-3-5-20(17)23)29(27,28)19-8-6-18(22)7-9-19/h2-9,16H,10-15H2,1H3. The number of sulfonamides is 1. The van der Waals surface area contributed by atoms with Gasteiger partial charge in [-0.15, -0.1) is 0 Å². The van der Waals surface area contributed by atoms with E-state index in [1.807, 2.05) is 0 Å². The van der Waals surface area contributed by atoms with Crippen molar-refractivity contribution in [2.24, 2.45) is 5.92 Å². The minimum absolute atomic E-state index is 0.0358. The molecular formula is C21H24BrClN2O3S. The molecule has 1 fully saturated rings. The monoisotopic (exact) mass is 498 g/mol. The lowest BCUT2D eigenvalue weighted by molar-refractivity contribution is -0.132. The fourth-order valence-corrected chi connectivity index (χ4v) is 5.13. The number of nitrogens with zero attached hydrogens (tertiary/aromatic N) is 2. The summed E-state index contributed by atoms with van der Waals surface area (Å²) in [6.45, 7) is 3.33. The number of benzene rings is 2. The number of rotatable bonds is 6. The number of hydrogen-bond donors (Lipinski definition) is 0. The smallest absolute Gasteiger partial charge is 0.243 e. The predicted octanol–water partition coefficient (Wildman–Crippen LogP) is 4.55. The van der Waals surface area contributed by atoms with Crippen molar-refractivity contribution in [3.05, 3.63) is 63.6 Å². The van der Waals surface area contributed by atoms with Crippen LogP contribution in [0.2, 0.25) is 5.02 Å². The van der Waals surface area contributed by atoms with E-state index in [1.54, 1.807) is 41.3 Å². The molecule has 0 bridgehead atoms. The molecule has 3 rings (SSSR count). The summed E-state index contributed by atoms with van der Waals surface area (Å²) in [6, 6.07) is 13.5. The van der Waals surface area contributed by atoms with Crippen LogP contribution in [0.4, 0.5) is 0 Å². The van der Waals surface area contributed by atoms with Gasteiger partial charge in [0.05, 0.1) is 11.4 Å². The molecule has 1 saturated heterocycles. The summed E-state index contributed by atoms with van der Waals surface area (Å²) in [5.41, 5.74) is 0.662. The molecule has 0 spiro atoms. The van der Waals surface area contributed by atoms with E-state index >= 15 is 0 Å². The van der Waals surface area contributed by atoms with Gasteiger partial charge in [0.25, 0.3) is 0 Å². The van der Waals surface area contributed by atoms with Crippen molar-refractivity contribution in [3.8, 4) is 0 Å². The van der Waals surface area contributed by atoms with E-state index in [-0.39, 0.29) is 23.9 Å². The maximum atomic E-state index is 13.3. The fraction of sp³-hybridized carbons (Fsp3) is 0.381. The van der Waals surface area contributed by atoms with Gasteiger partial charge in [-0.05, 0) is 54.7 Å². The maximum Gasteiger partial charge on any atom is 0.243 e. The van der Waals surface area contributed by atoms with Crippen LogP contribution in [0, 0.1) is 5.92 Å². The molecule has 0 aliphatic carbocycles. The first-order chi connectivity index (χ1) is 13.8. The topological polar surface area (TPSA) is 57.7 Å². The van der Waals surface area contributed by atoms with Gasteiger partial charge < -0.3 is 4.90 Å². The molecule has 8 heteroatoms. The molecule has 156 valence electrons. The minimum atomic E-state index is -3.87. The summed E-state index contributed by atoms with van der Waals surface area (Å²) in [5.74, 6) is 0.411. The van der Waals surface area contributed by atoms with E-state index in [0.29, 0.717) is 29.6 Å². The lowest BCUT2D eigenvalue weighted by atomic mass is 9.99. The summed E-state index contributed by atoms with van der Waals surface area (Å²) in [4.78, 5) is 14.8. The summed E-state index contributed by atoms with van der Waals surface area (Å²) in [7, 11) is -3.87. The Morgan fingerprint density at radius 1 is 1.14 bits per heavy atom. The van der Waals surface area contributed by atoms with Crippen molar-refractivity contribution in [1.82, 2.24) is 9.21 Å². The molecule has 0 atom stereocenters. The average Bonchev–Trinajstić information content (AvgIpc) is 2.70. The first-order valence-electron chi connectivity index (χ1n) is 9.54. The number of halogens is 2. The zero-order valence-corrected chi connectivity index (χ0v) is 19.4. The quantitative estimate of drug-likeness (QED) is 0.586. The Bertz CT molecular complexity index is 958. The lowest BCUT2D eigenvalue weighted by Gasteiger charge is -2.32. The molecule has 0 aromatic heterocycles. The normalized spacial score (nSPS) is 15.7. The minimum Gasteiger partial charge on any atom is -0.342 e. The van der Waals surface area contributed by atoms with Gasteiger partial charge in [0, 0.05) is 29.1 Å². The highest BCUT2D eigenvalue weighted by Gasteiger charge is 2.30. The predicted molar refractivity (Wildman–Crippen MR) is 118 cm³/mol. The van der Waals surface area contributed by atoms with Crippen LogP contribution in [-0.4, -0.2) is 43.2 Å². The van der Waals surface area contributed by atoms with Crippen LogP contribution >= 0.6 is 27.5 Å². The third-order valence-corrected chi connectivity index (χ3v) is 7.91. The molecule has 0 unspecified atom stereocenters. The van der Waals surface area contributed by atoms with Crippen LogP contribution in [0.1, 0.15) is 25.3 Å². The molecular weight excluding hydrogens is 476 g/mol. The largest absolute Gasteiger partial charge is 0.342 e.